The van der Waals surface area contributed by atoms with Gasteiger partial charge in [-0.25, -0.2) is 0 Å². The van der Waals surface area contributed by atoms with Crippen LogP contribution in [0.4, 0.5) is 0 Å². The normalized spacial score (nSPS) is 18.2. The maximum atomic E-state index is 12.6. The standard InChI is InChI=1S/C17H26N2O2/c1-3-15(13-6-8-14(21-2)9-7-13)19-16(20)17(12-18)10-4-5-11-17/h6-9,15H,3-5,10-12,18H2,1-2H3,(H,19,20). The van der Waals surface area contributed by atoms with Gasteiger partial charge in [0.15, 0.2) is 0 Å². The Labute approximate surface area is 127 Å². The van der Waals surface area contributed by atoms with Crippen LogP contribution in [0.5, 0.6) is 5.75 Å². The zero-order valence-electron chi connectivity index (χ0n) is 13.0. The van der Waals surface area contributed by atoms with E-state index < -0.39 is 0 Å². The molecule has 4 nitrogen and oxygen atoms in total. The molecule has 1 aromatic rings. The molecular weight excluding hydrogens is 264 g/mol. The van der Waals surface area contributed by atoms with Crippen LogP contribution in [0.15, 0.2) is 24.3 Å². The van der Waals surface area contributed by atoms with Crippen LogP contribution in [0, 0.1) is 5.41 Å². The molecule has 1 amide bonds. The van der Waals surface area contributed by atoms with Gasteiger partial charge in [-0.15, -0.1) is 0 Å². The summed E-state index contributed by atoms with van der Waals surface area (Å²) in [6.07, 6.45) is 4.88. The fourth-order valence-corrected chi connectivity index (χ4v) is 3.14. The second-order valence-electron chi connectivity index (χ2n) is 5.90. The zero-order chi connectivity index (χ0) is 15.3. The van der Waals surface area contributed by atoms with Crippen LogP contribution < -0.4 is 15.8 Å². The molecule has 21 heavy (non-hydrogen) atoms. The summed E-state index contributed by atoms with van der Waals surface area (Å²) in [7, 11) is 1.65. The van der Waals surface area contributed by atoms with Gasteiger partial charge in [0.05, 0.1) is 18.6 Å². The highest BCUT2D eigenvalue weighted by molar-refractivity contribution is 5.83. The molecule has 0 heterocycles. The van der Waals surface area contributed by atoms with Crippen LogP contribution in [0.25, 0.3) is 0 Å². The number of hydrogen-bond donors (Lipinski definition) is 2. The van der Waals surface area contributed by atoms with Crippen molar-refractivity contribution in [2.45, 2.75) is 45.1 Å². The van der Waals surface area contributed by atoms with Crippen molar-refractivity contribution in [3.8, 4) is 5.75 Å². The molecule has 1 aromatic carbocycles. The first-order valence-corrected chi connectivity index (χ1v) is 7.80. The van der Waals surface area contributed by atoms with E-state index in [9.17, 15) is 4.79 Å². The maximum Gasteiger partial charge on any atom is 0.227 e. The van der Waals surface area contributed by atoms with E-state index >= 15 is 0 Å². The number of carbonyl (C=O) groups is 1. The number of carbonyl (C=O) groups excluding carboxylic acids is 1. The monoisotopic (exact) mass is 290 g/mol. The lowest BCUT2D eigenvalue weighted by Gasteiger charge is -2.29. The molecule has 0 bridgehead atoms. The van der Waals surface area contributed by atoms with Crippen molar-refractivity contribution in [3.05, 3.63) is 29.8 Å². The summed E-state index contributed by atoms with van der Waals surface area (Å²) in [5, 5.41) is 3.19. The largest absolute Gasteiger partial charge is 0.497 e. The molecule has 4 heteroatoms. The van der Waals surface area contributed by atoms with E-state index in [0.717, 1.165) is 43.4 Å². The Morgan fingerprint density at radius 2 is 1.95 bits per heavy atom. The number of amides is 1. The summed E-state index contributed by atoms with van der Waals surface area (Å²) in [5.74, 6) is 0.944. The quantitative estimate of drug-likeness (QED) is 0.846. The summed E-state index contributed by atoms with van der Waals surface area (Å²) in [6.45, 7) is 2.52. The van der Waals surface area contributed by atoms with E-state index in [4.69, 9.17) is 10.5 Å². The van der Waals surface area contributed by atoms with Gasteiger partial charge < -0.3 is 15.8 Å². The second kappa shape index (κ2) is 6.94. The third-order valence-corrected chi connectivity index (χ3v) is 4.66. The van der Waals surface area contributed by atoms with E-state index in [2.05, 4.69) is 12.2 Å². The summed E-state index contributed by atoms with van der Waals surface area (Å²) >= 11 is 0. The Bertz CT molecular complexity index is 464. The van der Waals surface area contributed by atoms with E-state index in [0.29, 0.717) is 6.54 Å². The van der Waals surface area contributed by atoms with Crippen LogP contribution >= 0.6 is 0 Å². The number of ether oxygens (including phenoxy) is 1. The summed E-state index contributed by atoms with van der Waals surface area (Å²) in [6, 6.07) is 7.91. The van der Waals surface area contributed by atoms with Crippen molar-refractivity contribution in [2.24, 2.45) is 11.1 Å². The lowest BCUT2D eigenvalue weighted by Crippen LogP contribution is -2.45. The Balaban J connectivity index is 2.09. The Morgan fingerprint density at radius 1 is 1.33 bits per heavy atom. The fourth-order valence-electron chi connectivity index (χ4n) is 3.14. The molecule has 0 aliphatic heterocycles. The Kier molecular flexibility index (Phi) is 5.23. The molecule has 1 saturated carbocycles. The summed E-state index contributed by atoms with van der Waals surface area (Å²) in [4.78, 5) is 12.6. The second-order valence-corrected chi connectivity index (χ2v) is 5.90. The van der Waals surface area contributed by atoms with Gasteiger partial charge >= 0.3 is 0 Å². The number of nitrogens with two attached hydrogens (primary N) is 1. The lowest BCUT2D eigenvalue weighted by molar-refractivity contribution is -0.131. The summed E-state index contributed by atoms with van der Waals surface area (Å²) in [5.41, 5.74) is 6.65. The van der Waals surface area contributed by atoms with Crippen molar-refractivity contribution >= 4 is 5.91 Å². The van der Waals surface area contributed by atoms with Crippen LogP contribution in [0.3, 0.4) is 0 Å². The van der Waals surface area contributed by atoms with Crippen molar-refractivity contribution < 1.29 is 9.53 Å². The van der Waals surface area contributed by atoms with Gasteiger partial charge in [-0.05, 0) is 37.0 Å². The molecule has 2 rings (SSSR count). The average molecular weight is 290 g/mol. The fraction of sp³-hybridized carbons (Fsp3) is 0.588. The van der Waals surface area contributed by atoms with Crippen molar-refractivity contribution in [1.29, 1.82) is 0 Å². The number of hydrogen-bond acceptors (Lipinski definition) is 3. The predicted molar refractivity (Wildman–Crippen MR) is 84.1 cm³/mol. The van der Waals surface area contributed by atoms with Gasteiger partial charge in [0, 0.05) is 6.54 Å². The molecule has 1 aliphatic rings. The van der Waals surface area contributed by atoms with E-state index in [1.165, 1.54) is 0 Å². The SMILES string of the molecule is CCC(NC(=O)C1(CN)CCCC1)c1ccc(OC)cc1. The molecule has 3 N–H and O–H groups in total. The molecule has 116 valence electrons. The van der Waals surface area contributed by atoms with Gasteiger partial charge in [0.2, 0.25) is 5.91 Å². The average Bonchev–Trinajstić information content (AvgIpc) is 3.03. The third kappa shape index (κ3) is 3.38. The molecule has 1 unspecified atom stereocenters. The maximum absolute atomic E-state index is 12.6. The van der Waals surface area contributed by atoms with E-state index in [1.54, 1.807) is 7.11 Å². The topological polar surface area (TPSA) is 64.4 Å². The van der Waals surface area contributed by atoms with Crippen LogP contribution in [0.1, 0.15) is 50.6 Å². The predicted octanol–water partition coefficient (Wildman–Crippen LogP) is 2.78. The zero-order valence-corrected chi connectivity index (χ0v) is 13.0. The van der Waals surface area contributed by atoms with Gasteiger partial charge in [-0.2, -0.15) is 0 Å². The van der Waals surface area contributed by atoms with Gasteiger partial charge in [-0.1, -0.05) is 31.9 Å². The highest BCUT2D eigenvalue weighted by atomic mass is 16.5. The molecular formula is C17H26N2O2. The van der Waals surface area contributed by atoms with Crippen LogP contribution in [-0.2, 0) is 4.79 Å². The van der Waals surface area contributed by atoms with Gasteiger partial charge in [0.1, 0.15) is 5.75 Å². The molecule has 0 saturated heterocycles. The molecule has 0 spiro atoms. The van der Waals surface area contributed by atoms with Crippen LogP contribution in [0.2, 0.25) is 0 Å². The molecule has 1 fully saturated rings. The first-order valence-electron chi connectivity index (χ1n) is 7.80. The van der Waals surface area contributed by atoms with Gasteiger partial charge in [-0.3, -0.25) is 4.79 Å². The minimum absolute atomic E-state index is 0.0347. The highest BCUT2D eigenvalue weighted by Crippen LogP contribution is 2.38. The molecule has 0 radical (unpaired) electrons. The minimum atomic E-state index is -0.347. The minimum Gasteiger partial charge on any atom is -0.497 e. The molecule has 1 aliphatic carbocycles. The van der Waals surface area contributed by atoms with Gasteiger partial charge in [0.25, 0.3) is 0 Å². The van der Waals surface area contributed by atoms with Crippen molar-refractivity contribution in [1.82, 2.24) is 5.32 Å². The Hall–Kier alpha value is -1.55. The number of benzene rings is 1. The summed E-state index contributed by atoms with van der Waals surface area (Å²) < 4.78 is 5.17. The lowest BCUT2D eigenvalue weighted by atomic mass is 9.84. The van der Waals surface area contributed by atoms with E-state index in [1.807, 2.05) is 24.3 Å². The number of rotatable bonds is 6. The molecule has 1 atom stereocenters. The van der Waals surface area contributed by atoms with E-state index in [-0.39, 0.29) is 17.4 Å². The van der Waals surface area contributed by atoms with Crippen molar-refractivity contribution in [3.63, 3.8) is 0 Å². The molecule has 0 aromatic heterocycles. The highest BCUT2D eigenvalue weighted by Gasteiger charge is 2.40. The smallest absolute Gasteiger partial charge is 0.227 e. The first kappa shape index (κ1) is 15.8. The van der Waals surface area contributed by atoms with Crippen molar-refractivity contribution in [2.75, 3.05) is 13.7 Å². The number of nitrogens with one attached hydrogen (secondary N) is 1. The van der Waals surface area contributed by atoms with Crippen LogP contribution in [-0.4, -0.2) is 19.6 Å². The first-order chi connectivity index (χ1) is 10.1. The Morgan fingerprint density at radius 3 is 2.43 bits per heavy atom. The third-order valence-electron chi connectivity index (χ3n) is 4.66. The number of methoxy groups -OCH3 is 1.